The Bertz CT molecular complexity index is 853. The molecule has 0 heterocycles. The predicted molar refractivity (Wildman–Crippen MR) is 108 cm³/mol. The van der Waals surface area contributed by atoms with E-state index in [1.165, 1.54) is 0 Å². The van der Waals surface area contributed by atoms with Crippen LogP contribution in [0.15, 0.2) is 64.6 Å². The zero-order valence-electron chi connectivity index (χ0n) is 14.9. The first-order valence-electron chi connectivity index (χ1n) is 8.37. The SMILES string of the molecule is Cc1cccc(N=CC(C)C(=O)C(=N)C(CC=N)=Nc2ccccc2)c1. The van der Waals surface area contributed by atoms with Gasteiger partial charge < -0.3 is 5.41 Å². The van der Waals surface area contributed by atoms with Gasteiger partial charge in [-0.05, 0) is 36.8 Å². The molecule has 2 N–H and O–H groups in total. The number of hydrogen-bond donors (Lipinski definition) is 2. The van der Waals surface area contributed by atoms with Crippen molar-refractivity contribution in [1.82, 2.24) is 0 Å². The average molecular weight is 346 g/mol. The van der Waals surface area contributed by atoms with Gasteiger partial charge in [0, 0.05) is 18.9 Å². The third-order valence-corrected chi connectivity index (χ3v) is 3.71. The molecule has 26 heavy (non-hydrogen) atoms. The van der Waals surface area contributed by atoms with E-state index in [-0.39, 0.29) is 23.6 Å². The quantitative estimate of drug-likeness (QED) is 0.664. The molecule has 0 aliphatic heterocycles. The fraction of sp³-hybridized carbons (Fsp3) is 0.190. The fourth-order valence-electron chi connectivity index (χ4n) is 2.30. The molecule has 0 spiro atoms. The van der Waals surface area contributed by atoms with Crippen molar-refractivity contribution in [2.24, 2.45) is 15.9 Å². The van der Waals surface area contributed by atoms with Gasteiger partial charge in [-0.1, -0.05) is 37.3 Å². The second-order valence-corrected chi connectivity index (χ2v) is 5.95. The minimum atomic E-state index is -0.547. The number of nitrogens with one attached hydrogen (secondary N) is 2. The van der Waals surface area contributed by atoms with Crippen LogP contribution < -0.4 is 0 Å². The summed E-state index contributed by atoms with van der Waals surface area (Å²) < 4.78 is 0. The third kappa shape index (κ3) is 5.41. The Morgan fingerprint density at radius 2 is 1.81 bits per heavy atom. The van der Waals surface area contributed by atoms with Gasteiger partial charge in [-0.2, -0.15) is 0 Å². The lowest BCUT2D eigenvalue weighted by atomic mass is 9.99. The van der Waals surface area contributed by atoms with E-state index in [9.17, 15) is 4.79 Å². The first kappa shape index (κ1) is 19.1. The summed E-state index contributed by atoms with van der Waals surface area (Å²) in [5.41, 5.74) is 2.62. The molecular formula is C21H22N4O. The van der Waals surface area contributed by atoms with Gasteiger partial charge in [0.1, 0.15) is 5.71 Å². The molecule has 0 fully saturated rings. The van der Waals surface area contributed by atoms with Crippen LogP contribution in [0.25, 0.3) is 0 Å². The van der Waals surface area contributed by atoms with Gasteiger partial charge in [0.15, 0.2) is 5.78 Å². The number of Topliss-reactive ketones (excluding diaryl/α,β-unsaturated/α-hetero) is 1. The van der Waals surface area contributed by atoms with E-state index in [4.69, 9.17) is 10.8 Å². The third-order valence-electron chi connectivity index (χ3n) is 3.71. The van der Waals surface area contributed by atoms with Crippen LogP contribution in [0.4, 0.5) is 11.4 Å². The first-order chi connectivity index (χ1) is 12.5. The van der Waals surface area contributed by atoms with Crippen molar-refractivity contribution < 1.29 is 4.79 Å². The van der Waals surface area contributed by atoms with E-state index in [0.29, 0.717) is 5.69 Å². The summed E-state index contributed by atoms with van der Waals surface area (Å²) in [6.07, 6.45) is 2.84. The van der Waals surface area contributed by atoms with Crippen molar-refractivity contribution in [2.75, 3.05) is 0 Å². The average Bonchev–Trinajstić information content (AvgIpc) is 2.65. The number of para-hydroxylation sites is 1. The van der Waals surface area contributed by atoms with Crippen molar-refractivity contribution in [3.8, 4) is 0 Å². The molecule has 0 aliphatic rings. The van der Waals surface area contributed by atoms with E-state index in [1.807, 2.05) is 49.4 Å². The molecule has 0 aromatic heterocycles. The highest BCUT2D eigenvalue weighted by Gasteiger charge is 2.20. The second-order valence-electron chi connectivity index (χ2n) is 5.95. The Morgan fingerprint density at radius 3 is 2.46 bits per heavy atom. The molecule has 0 aliphatic carbocycles. The molecule has 0 radical (unpaired) electrons. The number of ketones is 1. The van der Waals surface area contributed by atoms with E-state index in [2.05, 4.69) is 9.98 Å². The molecule has 0 bridgehead atoms. The highest BCUT2D eigenvalue weighted by atomic mass is 16.1. The number of hydrogen-bond acceptors (Lipinski definition) is 5. The number of rotatable bonds is 8. The number of nitrogens with zero attached hydrogens (tertiary/aromatic N) is 2. The lowest BCUT2D eigenvalue weighted by Gasteiger charge is -2.09. The maximum atomic E-state index is 12.6. The standard InChI is InChI=1S/C21H22N4O/c1-15-7-6-10-18(13-15)24-14-16(2)21(26)20(23)19(11-12-22)25-17-8-4-3-5-9-17/h3-10,12-14,16,22-23H,11H2,1-2H3. The molecule has 0 saturated carbocycles. The van der Waals surface area contributed by atoms with Crippen LogP contribution >= 0.6 is 0 Å². The molecule has 2 rings (SSSR count). The van der Waals surface area contributed by atoms with Crippen LogP contribution in [-0.2, 0) is 4.79 Å². The summed E-state index contributed by atoms with van der Waals surface area (Å²) in [5.74, 6) is -0.910. The van der Waals surface area contributed by atoms with Gasteiger partial charge >= 0.3 is 0 Å². The molecular weight excluding hydrogens is 324 g/mol. The van der Waals surface area contributed by atoms with Gasteiger partial charge in [0.2, 0.25) is 0 Å². The van der Waals surface area contributed by atoms with Gasteiger partial charge in [-0.15, -0.1) is 0 Å². The van der Waals surface area contributed by atoms with Crippen molar-refractivity contribution in [3.63, 3.8) is 0 Å². The Labute approximate surface area is 153 Å². The summed E-state index contributed by atoms with van der Waals surface area (Å²) in [6, 6.07) is 16.8. The molecule has 5 heteroatoms. The highest BCUT2D eigenvalue weighted by molar-refractivity contribution is 6.68. The normalized spacial score (nSPS) is 12.8. The Hall–Kier alpha value is -3.21. The molecule has 1 unspecified atom stereocenters. The topological polar surface area (TPSA) is 89.5 Å². The highest BCUT2D eigenvalue weighted by Crippen LogP contribution is 2.15. The molecule has 0 saturated heterocycles. The van der Waals surface area contributed by atoms with E-state index in [1.54, 1.807) is 25.3 Å². The maximum absolute atomic E-state index is 12.6. The van der Waals surface area contributed by atoms with Crippen LogP contribution in [0.5, 0.6) is 0 Å². The van der Waals surface area contributed by atoms with Gasteiger partial charge in [0.05, 0.1) is 23.0 Å². The lowest BCUT2D eigenvalue weighted by Crippen LogP contribution is -2.29. The summed E-state index contributed by atoms with van der Waals surface area (Å²) in [6.45, 7) is 3.69. The summed E-state index contributed by atoms with van der Waals surface area (Å²) in [7, 11) is 0. The fourth-order valence-corrected chi connectivity index (χ4v) is 2.30. The Balaban J connectivity index is 2.16. The number of benzene rings is 2. The van der Waals surface area contributed by atoms with Crippen LogP contribution in [0, 0.1) is 23.7 Å². The molecule has 5 nitrogen and oxygen atoms in total. The molecule has 2 aromatic carbocycles. The minimum Gasteiger partial charge on any atom is -0.313 e. The zero-order valence-corrected chi connectivity index (χ0v) is 14.9. The summed E-state index contributed by atoms with van der Waals surface area (Å²) >= 11 is 0. The largest absolute Gasteiger partial charge is 0.313 e. The second kappa shape index (κ2) is 9.32. The number of aliphatic imine (C=N–C) groups is 2. The van der Waals surface area contributed by atoms with E-state index >= 15 is 0 Å². The summed E-state index contributed by atoms with van der Waals surface area (Å²) in [5, 5.41) is 15.5. The lowest BCUT2D eigenvalue weighted by molar-refractivity contribution is -0.114. The van der Waals surface area contributed by atoms with E-state index < -0.39 is 5.92 Å². The first-order valence-corrected chi connectivity index (χ1v) is 8.37. The zero-order chi connectivity index (χ0) is 18.9. The molecule has 1 atom stereocenters. The number of carbonyl (C=O) groups excluding carboxylic acids is 1. The molecule has 132 valence electrons. The van der Waals surface area contributed by atoms with Crippen LogP contribution in [0.1, 0.15) is 18.9 Å². The summed E-state index contributed by atoms with van der Waals surface area (Å²) in [4.78, 5) is 21.3. The van der Waals surface area contributed by atoms with E-state index in [0.717, 1.165) is 17.5 Å². The van der Waals surface area contributed by atoms with Crippen molar-refractivity contribution >= 4 is 41.0 Å². The molecule has 2 aromatic rings. The number of carbonyl (C=O) groups is 1. The maximum Gasteiger partial charge on any atom is 0.190 e. The van der Waals surface area contributed by atoms with Crippen LogP contribution in [0.2, 0.25) is 0 Å². The van der Waals surface area contributed by atoms with Gasteiger partial charge in [-0.3, -0.25) is 20.2 Å². The Kier molecular flexibility index (Phi) is 6.85. The number of aryl methyl sites for hydroxylation is 1. The van der Waals surface area contributed by atoms with Gasteiger partial charge in [0.25, 0.3) is 0 Å². The smallest absolute Gasteiger partial charge is 0.190 e. The van der Waals surface area contributed by atoms with Crippen molar-refractivity contribution in [1.29, 1.82) is 10.8 Å². The van der Waals surface area contributed by atoms with Crippen molar-refractivity contribution in [3.05, 3.63) is 60.2 Å². The minimum absolute atomic E-state index is 0.140. The van der Waals surface area contributed by atoms with Gasteiger partial charge in [-0.25, -0.2) is 0 Å². The van der Waals surface area contributed by atoms with Crippen molar-refractivity contribution in [2.45, 2.75) is 20.3 Å². The Morgan fingerprint density at radius 1 is 1.12 bits per heavy atom. The van der Waals surface area contributed by atoms with Crippen LogP contribution in [-0.4, -0.2) is 29.6 Å². The molecule has 0 amide bonds. The monoisotopic (exact) mass is 346 g/mol. The van der Waals surface area contributed by atoms with Crippen LogP contribution in [0.3, 0.4) is 0 Å². The predicted octanol–water partition coefficient (Wildman–Crippen LogP) is 4.73.